The highest BCUT2D eigenvalue weighted by Crippen LogP contribution is 2.51. The topological polar surface area (TPSA) is 29.5 Å². The van der Waals surface area contributed by atoms with Gasteiger partial charge >= 0.3 is 0 Å². The molecule has 11 aromatic carbocycles. The molecule has 66 heavy (non-hydrogen) atoms. The van der Waals surface area contributed by atoms with Crippen molar-refractivity contribution in [3.8, 4) is 33.4 Å². The molecule has 0 amide bonds. The lowest BCUT2D eigenvalue weighted by atomic mass is 9.82. The fraction of sp³-hybridized carbons (Fsp3) is 0.0476. The van der Waals surface area contributed by atoms with Gasteiger partial charge in [-0.3, -0.25) is 0 Å². The first-order valence-corrected chi connectivity index (χ1v) is 22.8. The molecular formula is C63H41NO2. The summed E-state index contributed by atoms with van der Waals surface area (Å²) in [5.74, 6) is 0. The van der Waals surface area contributed by atoms with Crippen molar-refractivity contribution < 1.29 is 8.83 Å². The van der Waals surface area contributed by atoms with Gasteiger partial charge in [-0.2, -0.15) is 0 Å². The van der Waals surface area contributed by atoms with Gasteiger partial charge in [-0.15, -0.1) is 0 Å². The largest absolute Gasteiger partial charge is 0.456 e. The van der Waals surface area contributed by atoms with Gasteiger partial charge in [0, 0.05) is 55.0 Å². The van der Waals surface area contributed by atoms with Gasteiger partial charge in [-0.05, 0) is 127 Å². The second-order valence-corrected chi connectivity index (χ2v) is 18.3. The van der Waals surface area contributed by atoms with Crippen molar-refractivity contribution in [1.29, 1.82) is 0 Å². The third-order valence-electron chi connectivity index (χ3n) is 14.5. The molecule has 0 fully saturated rings. The van der Waals surface area contributed by atoms with Gasteiger partial charge in [-0.1, -0.05) is 166 Å². The molecule has 2 aromatic heterocycles. The predicted octanol–water partition coefficient (Wildman–Crippen LogP) is 18.1. The summed E-state index contributed by atoms with van der Waals surface area (Å²) in [6, 6.07) is 77.2. The maximum absolute atomic E-state index is 6.48. The first kappa shape index (κ1) is 37.0. The summed E-state index contributed by atoms with van der Waals surface area (Å²) in [5, 5.41) is 12.0. The highest BCUT2D eigenvalue weighted by atomic mass is 16.3. The van der Waals surface area contributed by atoms with E-state index in [2.05, 4.69) is 213 Å². The highest BCUT2D eigenvalue weighted by Gasteiger charge is 2.36. The zero-order valence-electron chi connectivity index (χ0n) is 36.5. The number of benzene rings is 11. The molecule has 0 N–H and O–H groups in total. The smallest absolute Gasteiger partial charge is 0.143 e. The molecule has 3 heteroatoms. The van der Waals surface area contributed by atoms with Crippen molar-refractivity contribution in [2.24, 2.45) is 0 Å². The second kappa shape index (κ2) is 13.8. The molecule has 0 spiro atoms. The normalized spacial score (nSPS) is 13.1. The quantitative estimate of drug-likeness (QED) is 0.162. The van der Waals surface area contributed by atoms with E-state index in [1.807, 2.05) is 18.2 Å². The van der Waals surface area contributed by atoms with Crippen molar-refractivity contribution in [3.63, 3.8) is 0 Å². The van der Waals surface area contributed by atoms with Gasteiger partial charge in [0.05, 0.1) is 0 Å². The third kappa shape index (κ3) is 5.26. The molecule has 1 aliphatic carbocycles. The van der Waals surface area contributed by atoms with Gasteiger partial charge < -0.3 is 13.7 Å². The molecule has 0 bridgehead atoms. The Hall–Kier alpha value is -8.40. The van der Waals surface area contributed by atoms with Gasteiger partial charge in [0.2, 0.25) is 0 Å². The van der Waals surface area contributed by atoms with Gasteiger partial charge in [-0.25, -0.2) is 0 Å². The van der Waals surface area contributed by atoms with E-state index in [0.29, 0.717) is 0 Å². The Morgan fingerprint density at radius 1 is 0.318 bits per heavy atom. The molecule has 0 atom stereocenters. The maximum Gasteiger partial charge on any atom is 0.143 e. The fourth-order valence-electron chi connectivity index (χ4n) is 11.4. The zero-order chi connectivity index (χ0) is 43.7. The summed E-state index contributed by atoms with van der Waals surface area (Å²) in [6.45, 7) is 4.70. The van der Waals surface area contributed by atoms with Crippen molar-refractivity contribution in [3.05, 3.63) is 223 Å². The number of nitrogens with zero attached hydrogens (tertiary/aromatic N) is 1. The first-order valence-electron chi connectivity index (χ1n) is 22.8. The van der Waals surface area contributed by atoms with E-state index in [9.17, 15) is 0 Å². The van der Waals surface area contributed by atoms with Gasteiger partial charge in [0.25, 0.3) is 0 Å². The van der Waals surface area contributed by atoms with Crippen LogP contribution in [0.3, 0.4) is 0 Å². The number of hydrogen-bond donors (Lipinski definition) is 0. The standard InChI is InChI=1S/C63H41NO2/c1-63(2)54-22-8-5-13-45(54)46-34-33-42(37-55(46)63)64(41-31-27-39(28-32-41)44-19-12-21-52-47-14-6-9-23-56(47)66-62(44)52)40-29-25-38(26-30-40)43-18-11-20-49-51-35-36-58-61(53-17-7-10-24-57(53)65-58)60(51)50-16-4-3-15-48(50)59(43)49/h3-37H,1-2H3. The Bertz CT molecular complexity index is 4100. The van der Waals surface area contributed by atoms with E-state index in [4.69, 9.17) is 8.83 Å². The van der Waals surface area contributed by atoms with Crippen LogP contribution >= 0.6 is 0 Å². The summed E-state index contributed by atoms with van der Waals surface area (Å²) in [4.78, 5) is 2.40. The van der Waals surface area contributed by atoms with Gasteiger partial charge in [0.15, 0.2) is 0 Å². The lowest BCUT2D eigenvalue weighted by Crippen LogP contribution is -2.16. The summed E-state index contributed by atoms with van der Waals surface area (Å²) in [7, 11) is 0. The Morgan fingerprint density at radius 3 is 1.58 bits per heavy atom. The Morgan fingerprint density at radius 2 is 0.833 bits per heavy atom. The second-order valence-electron chi connectivity index (χ2n) is 18.3. The van der Waals surface area contributed by atoms with Crippen LogP contribution in [0.4, 0.5) is 17.1 Å². The molecule has 14 rings (SSSR count). The Labute approximate surface area is 381 Å². The zero-order valence-corrected chi connectivity index (χ0v) is 36.5. The molecule has 310 valence electrons. The van der Waals surface area contributed by atoms with Crippen LogP contribution in [0.1, 0.15) is 25.0 Å². The lowest BCUT2D eigenvalue weighted by molar-refractivity contribution is 0.660. The Kier molecular flexibility index (Phi) is 7.74. The van der Waals surface area contributed by atoms with Gasteiger partial charge in [0.1, 0.15) is 22.3 Å². The molecule has 0 saturated heterocycles. The van der Waals surface area contributed by atoms with Crippen LogP contribution in [0, 0.1) is 0 Å². The molecule has 0 unspecified atom stereocenters. The minimum atomic E-state index is -0.135. The SMILES string of the molecule is CC1(C)c2ccccc2-c2ccc(N(c3ccc(-c4cccc5c4oc4ccccc45)cc3)c3ccc(-c4cccc5c6ccc7oc8ccccc8c7c6c6ccccc6c45)cc3)cc21. The van der Waals surface area contributed by atoms with E-state index in [1.54, 1.807) is 0 Å². The first-order chi connectivity index (χ1) is 32.5. The number of furan rings is 2. The molecule has 1 aliphatic rings. The highest BCUT2D eigenvalue weighted by molar-refractivity contribution is 6.36. The van der Waals surface area contributed by atoms with Crippen molar-refractivity contribution in [1.82, 2.24) is 0 Å². The molecule has 0 radical (unpaired) electrons. The number of rotatable bonds is 5. The van der Waals surface area contributed by atoms with E-state index >= 15 is 0 Å². The summed E-state index contributed by atoms with van der Waals surface area (Å²) < 4.78 is 12.9. The predicted molar refractivity (Wildman–Crippen MR) is 277 cm³/mol. The van der Waals surface area contributed by atoms with Crippen LogP contribution < -0.4 is 4.90 Å². The number of hydrogen-bond acceptors (Lipinski definition) is 3. The molecule has 2 heterocycles. The van der Waals surface area contributed by atoms with E-state index in [0.717, 1.165) is 66.7 Å². The van der Waals surface area contributed by atoms with Crippen LogP contribution in [0.2, 0.25) is 0 Å². The molecule has 3 nitrogen and oxygen atoms in total. The third-order valence-corrected chi connectivity index (χ3v) is 14.5. The lowest BCUT2D eigenvalue weighted by Gasteiger charge is -2.28. The summed E-state index contributed by atoms with van der Waals surface area (Å²) >= 11 is 0. The minimum absolute atomic E-state index is 0.135. The van der Waals surface area contributed by atoms with E-state index in [-0.39, 0.29) is 5.41 Å². The monoisotopic (exact) mass is 843 g/mol. The minimum Gasteiger partial charge on any atom is -0.456 e. The fourth-order valence-corrected chi connectivity index (χ4v) is 11.4. The number of para-hydroxylation sites is 3. The average Bonchev–Trinajstić information content (AvgIpc) is 4.02. The van der Waals surface area contributed by atoms with Crippen LogP contribution in [0.15, 0.2) is 221 Å². The summed E-state index contributed by atoms with van der Waals surface area (Å²) in [6.07, 6.45) is 0. The summed E-state index contributed by atoms with van der Waals surface area (Å²) in [5.41, 5.74) is 16.7. The van der Waals surface area contributed by atoms with Crippen LogP contribution in [-0.2, 0) is 5.41 Å². The van der Waals surface area contributed by atoms with Crippen molar-refractivity contribution in [2.45, 2.75) is 19.3 Å². The van der Waals surface area contributed by atoms with E-state index in [1.165, 1.54) is 71.1 Å². The van der Waals surface area contributed by atoms with Crippen molar-refractivity contribution >= 4 is 93.3 Å². The number of fused-ring (bicyclic) bond motifs is 16. The molecule has 0 aliphatic heterocycles. The molecule has 0 saturated carbocycles. The number of anilines is 3. The van der Waals surface area contributed by atoms with Crippen LogP contribution in [-0.4, -0.2) is 0 Å². The Balaban J connectivity index is 0.924. The van der Waals surface area contributed by atoms with Crippen LogP contribution in [0.5, 0.6) is 0 Å². The molecular weight excluding hydrogens is 803 g/mol. The average molecular weight is 844 g/mol. The van der Waals surface area contributed by atoms with Crippen LogP contribution in [0.25, 0.3) is 110 Å². The van der Waals surface area contributed by atoms with E-state index < -0.39 is 0 Å². The maximum atomic E-state index is 6.48. The van der Waals surface area contributed by atoms with Crippen molar-refractivity contribution in [2.75, 3.05) is 4.90 Å². The molecule has 13 aromatic rings.